The molecule has 1 saturated carbocycles. The number of carbonyl (C=O) groups is 1. The van der Waals surface area contributed by atoms with Gasteiger partial charge in [0.15, 0.2) is 0 Å². The zero-order valence-corrected chi connectivity index (χ0v) is 9.80. The van der Waals surface area contributed by atoms with E-state index in [1.54, 1.807) is 13.8 Å². The number of hydrogen-bond acceptors (Lipinski definition) is 3. The van der Waals surface area contributed by atoms with Crippen LogP contribution in [-0.2, 0) is 14.8 Å². The van der Waals surface area contributed by atoms with Gasteiger partial charge in [-0.3, -0.25) is 4.79 Å². The van der Waals surface area contributed by atoms with Crippen molar-refractivity contribution in [3.8, 4) is 0 Å². The Kier molecular flexibility index (Phi) is 3.40. The maximum Gasteiger partial charge on any atom is 0.305 e. The number of rotatable bonds is 6. The van der Waals surface area contributed by atoms with Gasteiger partial charge >= 0.3 is 5.97 Å². The van der Waals surface area contributed by atoms with Gasteiger partial charge < -0.3 is 5.11 Å². The van der Waals surface area contributed by atoms with Crippen LogP contribution in [0.25, 0.3) is 0 Å². The summed E-state index contributed by atoms with van der Waals surface area (Å²) in [6.45, 7) is 3.15. The Labute approximate surface area is 89.9 Å². The predicted molar refractivity (Wildman–Crippen MR) is 56.0 cm³/mol. The van der Waals surface area contributed by atoms with Crippen molar-refractivity contribution in [2.75, 3.05) is 5.75 Å². The second-order valence-corrected chi connectivity index (χ2v) is 6.55. The molecule has 0 unspecified atom stereocenters. The Balaban J connectivity index is 2.53. The van der Waals surface area contributed by atoms with Crippen molar-refractivity contribution >= 4 is 16.0 Å². The van der Waals surface area contributed by atoms with E-state index in [4.69, 9.17) is 5.11 Å². The molecule has 1 fully saturated rings. The molecule has 1 aliphatic rings. The van der Waals surface area contributed by atoms with Gasteiger partial charge in [0.1, 0.15) is 0 Å². The van der Waals surface area contributed by atoms with Gasteiger partial charge in [0, 0.05) is 5.54 Å². The first-order valence-corrected chi connectivity index (χ1v) is 6.59. The Morgan fingerprint density at radius 3 is 2.40 bits per heavy atom. The van der Waals surface area contributed by atoms with Crippen LogP contribution in [-0.4, -0.2) is 30.8 Å². The van der Waals surface area contributed by atoms with Crippen LogP contribution in [0.4, 0.5) is 0 Å². The summed E-state index contributed by atoms with van der Waals surface area (Å²) in [4.78, 5) is 10.5. The first kappa shape index (κ1) is 12.4. The van der Waals surface area contributed by atoms with E-state index in [1.807, 2.05) is 0 Å². The van der Waals surface area contributed by atoms with Crippen molar-refractivity contribution in [3.63, 3.8) is 0 Å². The highest BCUT2D eigenvalue weighted by Crippen LogP contribution is 2.30. The SMILES string of the molecule is CC(C)(CC(=O)O)NS(=O)(=O)CC1CC1. The van der Waals surface area contributed by atoms with E-state index in [-0.39, 0.29) is 18.1 Å². The second kappa shape index (κ2) is 4.09. The molecule has 0 spiro atoms. The molecule has 0 aliphatic heterocycles. The molecule has 0 aromatic rings. The number of aliphatic carboxylic acids is 1. The number of nitrogens with one attached hydrogen (secondary N) is 1. The van der Waals surface area contributed by atoms with Gasteiger partial charge in [-0.25, -0.2) is 13.1 Å². The van der Waals surface area contributed by atoms with Gasteiger partial charge in [-0.05, 0) is 32.6 Å². The highest BCUT2D eigenvalue weighted by atomic mass is 32.2. The molecule has 0 heterocycles. The average Bonchev–Trinajstić information content (AvgIpc) is 2.62. The molecule has 6 heteroatoms. The third-order valence-corrected chi connectivity index (χ3v) is 3.95. The van der Waals surface area contributed by atoms with Crippen LogP contribution >= 0.6 is 0 Å². The molecule has 0 saturated heterocycles. The van der Waals surface area contributed by atoms with Crippen molar-refractivity contribution in [2.24, 2.45) is 5.92 Å². The van der Waals surface area contributed by atoms with Gasteiger partial charge in [0.05, 0.1) is 12.2 Å². The average molecular weight is 235 g/mol. The summed E-state index contributed by atoms with van der Waals surface area (Å²) in [7, 11) is -3.33. The van der Waals surface area contributed by atoms with Crippen molar-refractivity contribution < 1.29 is 18.3 Å². The molecule has 2 N–H and O–H groups in total. The molecule has 0 atom stereocenters. The largest absolute Gasteiger partial charge is 0.481 e. The Bertz CT molecular complexity index is 343. The van der Waals surface area contributed by atoms with E-state index < -0.39 is 21.5 Å². The summed E-state index contributed by atoms with van der Waals surface area (Å²) in [5, 5.41) is 8.61. The quantitative estimate of drug-likeness (QED) is 0.705. The number of sulfonamides is 1. The lowest BCUT2D eigenvalue weighted by Gasteiger charge is -2.23. The van der Waals surface area contributed by atoms with Crippen LogP contribution in [0.2, 0.25) is 0 Å². The lowest BCUT2D eigenvalue weighted by molar-refractivity contribution is -0.138. The van der Waals surface area contributed by atoms with E-state index in [2.05, 4.69) is 4.72 Å². The summed E-state index contributed by atoms with van der Waals surface area (Å²) in [6, 6.07) is 0. The summed E-state index contributed by atoms with van der Waals surface area (Å²) in [6.07, 6.45) is 1.71. The zero-order chi connectivity index (χ0) is 11.7. The molecule has 1 aliphatic carbocycles. The lowest BCUT2D eigenvalue weighted by atomic mass is 10.0. The minimum absolute atomic E-state index is 0.121. The second-order valence-electron chi connectivity index (χ2n) is 4.78. The van der Waals surface area contributed by atoms with Gasteiger partial charge in [-0.15, -0.1) is 0 Å². The molecule has 0 aromatic heterocycles. The fourth-order valence-corrected chi connectivity index (χ4v) is 3.42. The molecule has 5 nitrogen and oxygen atoms in total. The summed E-state index contributed by atoms with van der Waals surface area (Å²) in [5.41, 5.74) is -0.917. The number of carboxylic acids is 1. The fourth-order valence-electron chi connectivity index (χ4n) is 1.47. The third-order valence-electron chi connectivity index (χ3n) is 2.18. The van der Waals surface area contributed by atoms with Gasteiger partial charge in [0.2, 0.25) is 10.0 Å². The van der Waals surface area contributed by atoms with Crippen molar-refractivity contribution in [1.82, 2.24) is 4.72 Å². The molecule has 0 aromatic carbocycles. The van der Waals surface area contributed by atoms with Crippen LogP contribution in [0.15, 0.2) is 0 Å². The Morgan fingerprint density at radius 2 is 2.00 bits per heavy atom. The summed E-state index contributed by atoms with van der Waals surface area (Å²) >= 11 is 0. The topological polar surface area (TPSA) is 83.5 Å². The molecule has 15 heavy (non-hydrogen) atoms. The minimum atomic E-state index is -3.33. The van der Waals surface area contributed by atoms with Crippen LogP contribution in [0.5, 0.6) is 0 Å². The molecule has 1 rings (SSSR count). The summed E-state index contributed by atoms with van der Waals surface area (Å²) in [5.74, 6) is -0.618. The van der Waals surface area contributed by atoms with Gasteiger partial charge in [-0.2, -0.15) is 0 Å². The molecule has 88 valence electrons. The Morgan fingerprint density at radius 1 is 1.47 bits per heavy atom. The van der Waals surface area contributed by atoms with Crippen LogP contribution in [0.1, 0.15) is 33.1 Å². The van der Waals surface area contributed by atoms with E-state index >= 15 is 0 Å². The zero-order valence-electron chi connectivity index (χ0n) is 8.99. The van der Waals surface area contributed by atoms with Crippen molar-refractivity contribution in [2.45, 2.75) is 38.6 Å². The fraction of sp³-hybridized carbons (Fsp3) is 0.889. The number of hydrogen-bond donors (Lipinski definition) is 2. The van der Waals surface area contributed by atoms with Crippen LogP contribution in [0, 0.1) is 5.92 Å². The number of carboxylic acid groups (broad SMARTS) is 1. The van der Waals surface area contributed by atoms with Gasteiger partial charge in [0.25, 0.3) is 0 Å². The van der Waals surface area contributed by atoms with Crippen LogP contribution < -0.4 is 4.72 Å². The van der Waals surface area contributed by atoms with Crippen molar-refractivity contribution in [3.05, 3.63) is 0 Å². The molecule has 0 radical (unpaired) electrons. The van der Waals surface area contributed by atoms with E-state index in [0.29, 0.717) is 0 Å². The third kappa shape index (κ3) is 5.13. The highest BCUT2D eigenvalue weighted by molar-refractivity contribution is 7.89. The van der Waals surface area contributed by atoms with E-state index in [1.165, 1.54) is 0 Å². The first-order valence-electron chi connectivity index (χ1n) is 4.94. The van der Waals surface area contributed by atoms with Crippen LogP contribution in [0.3, 0.4) is 0 Å². The highest BCUT2D eigenvalue weighted by Gasteiger charge is 2.32. The normalized spacial score (nSPS) is 17.7. The van der Waals surface area contributed by atoms with Crippen molar-refractivity contribution in [1.29, 1.82) is 0 Å². The monoisotopic (exact) mass is 235 g/mol. The molecular formula is C9H17NO4S. The molecular weight excluding hydrogens is 218 g/mol. The summed E-state index contributed by atoms with van der Waals surface area (Å²) < 4.78 is 25.6. The van der Waals surface area contributed by atoms with Gasteiger partial charge in [-0.1, -0.05) is 0 Å². The molecule has 0 bridgehead atoms. The standard InChI is InChI=1S/C9H17NO4S/c1-9(2,5-8(11)12)10-15(13,14)6-7-3-4-7/h7,10H,3-6H2,1-2H3,(H,11,12). The Hall–Kier alpha value is -0.620. The first-order chi connectivity index (χ1) is 6.70. The maximum atomic E-state index is 11.6. The van der Waals surface area contributed by atoms with E-state index in [9.17, 15) is 13.2 Å². The maximum absolute atomic E-state index is 11.6. The minimum Gasteiger partial charge on any atom is -0.481 e. The predicted octanol–water partition coefficient (Wildman–Crippen LogP) is 0.569. The smallest absolute Gasteiger partial charge is 0.305 e. The molecule has 0 amide bonds. The lowest BCUT2D eigenvalue weighted by Crippen LogP contribution is -2.46. The van der Waals surface area contributed by atoms with E-state index in [0.717, 1.165) is 12.8 Å².